The van der Waals surface area contributed by atoms with Crippen LogP contribution in [0.4, 0.5) is 0 Å². The Morgan fingerprint density at radius 1 is 2.00 bits per heavy atom. The number of hydrogen-bond donors (Lipinski definition) is 1. The molecule has 1 aliphatic rings. The Labute approximate surface area is 49.5 Å². The van der Waals surface area contributed by atoms with Crippen molar-refractivity contribution >= 4 is 0 Å². The molecule has 0 amide bonds. The van der Waals surface area contributed by atoms with E-state index in [1.165, 1.54) is 6.20 Å². The molecule has 0 saturated heterocycles. The molecule has 0 bridgehead atoms. The second-order valence-electron chi connectivity index (χ2n) is 1.40. The minimum absolute atomic E-state index is 0.456. The lowest BCUT2D eigenvalue weighted by Crippen LogP contribution is -1.98. The average molecular weight is 107 g/mol. The molecule has 2 heteroatoms. The summed E-state index contributed by atoms with van der Waals surface area (Å²) in [6, 6.07) is 1.91. The van der Waals surface area contributed by atoms with Crippen LogP contribution in [0.2, 0.25) is 0 Å². The highest BCUT2D eigenvalue weighted by Crippen LogP contribution is 2.01. The quantitative estimate of drug-likeness (QED) is 0.499. The molecular weight excluding hydrogens is 100 g/mol. The van der Waals surface area contributed by atoms with Gasteiger partial charge in [0, 0.05) is 19.5 Å². The van der Waals surface area contributed by atoms with E-state index in [9.17, 15) is 0 Å². The van der Waals surface area contributed by atoms with E-state index in [1.54, 1.807) is 12.3 Å². The average Bonchev–Trinajstić information content (AvgIpc) is 1.89. The predicted molar refractivity (Wildman–Crippen MR) is 30.6 cm³/mol. The summed E-state index contributed by atoms with van der Waals surface area (Å²) in [6.45, 7) is 0. The minimum Gasteiger partial charge on any atom is -0.367 e. The van der Waals surface area contributed by atoms with E-state index >= 15 is 0 Å². The maximum absolute atomic E-state index is 8.35. The number of dihydropyridines is 1. The number of allylic oxidation sites excluding steroid dienone is 2. The lowest BCUT2D eigenvalue weighted by molar-refractivity contribution is 1.07. The fourth-order valence-electron chi connectivity index (χ4n) is 0.463. The van der Waals surface area contributed by atoms with E-state index in [0.29, 0.717) is 5.57 Å². The molecule has 8 heavy (non-hydrogen) atoms. The van der Waals surface area contributed by atoms with Crippen molar-refractivity contribution in [3.8, 4) is 6.07 Å². The van der Waals surface area contributed by atoms with Gasteiger partial charge in [0.15, 0.2) is 0 Å². The van der Waals surface area contributed by atoms with Gasteiger partial charge in [-0.05, 0) is 6.20 Å². The number of nitrogens with one attached hydrogen (secondary N) is 1. The molecule has 0 aromatic carbocycles. The van der Waals surface area contributed by atoms with E-state index in [1.807, 2.05) is 6.07 Å². The molecule has 0 aromatic heterocycles. The van der Waals surface area contributed by atoms with E-state index < -0.39 is 6.40 Å². The number of hydrogen-bond acceptors (Lipinski definition) is 2. The molecule has 1 rings (SSSR count). The molecule has 2 nitrogen and oxygen atoms in total. The van der Waals surface area contributed by atoms with Gasteiger partial charge in [0.2, 0.25) is 0 Å². The van der Waals surface area contributed by atoms with Crippen LogP contribution in [0.5, 0.6) is 0 Å². The lowest BCUT2D eigenvalue weighted by Gasteiger charge is -1.98. The third kappa shape index (κ3) is 0.881. The molecule has 0 fully saturated rings. The van der Waals surface area contributed by atoms with E-state index in [0.717, 1.165) is 0 Å². The molecule has 1 aliphatic heterocycles. The first-order valence-corrected chi connectivity index (χ1v) is 2.29. The molecule has 1 heterocycles. The molecule has 40 valence electrons. The standard InChI is InChI=1S/C6H6N2/c7-4-6-2-1-3-8-5-6/h1,3,5,8H,2H2/i2D. The van der Waals surface area contributed by atoms with Crippen LogP contribution < -0.4 is 5.32 Å². The normalized spacial score (nSPS) is 27.1. The van der Waals surface area contributed by atoms with E-state index in [-0.39, 0.29) is 0 Å². The molecule has 0 aliphatic carbocycles. The summed E-state index contributed by atoms with van der Waals surface area (Å²) >= 11 is 0. The summed E-state index contributed by atoms with van der Waals surface area (Å²) < 4.78 is 7.21. The van der Waals surface area contributed by atoms with E-state index in [4.69, 9.17) is 6.63 Å². The summed E-state index contributed by atoms with van der Waals surface area (Å²) in [4.78, 5) is 0. The fraction of sp³-hybridized carbons (Fsp3) is 0.167. The Morgan fingerprint density at radius 3 is 3.38 bits per heavy atom. The first-order chi connectivity index (χ1) is 4.34. The van der Waals surface area contributed by atoms with Crippen molar-refractivity contribution in [2.24, 2.45) is 0 Å². The molecule has 0 saturated carbocycles. The Bertz CT molecular complexity index is 200. The van der Waals surface area contributed by atoms with Crippen LogP contribution in [-0.4, -0.2) is 0 Å². The summed E-state index contributed by atoms with van der Waals surface area (Å²) in [7, 11) is 0. The van der Waals surface area contributed by atoms with Gasteiger partial charge in [-0.3, -0.25) is 0 Å². The highest BCUT2D eigenvalue weighted by molar-refractivity contribution is 5.25. The predicted octanol–water partition coefficient (Wildman–Crippen LogP) is 0.901. The summed E-state index contributed by atoms with van der Waals surface area (Å²) in [5.74, 6) is 0. The van der Waals surface area contributed by atoms with Crippen molar-refractivity contribution in [3.63, 3.8) is 0 Å². The molecule has 1 unspecified atom stereocenters. The zero-order valence-electron chi connectivity index (χ0n) is 5.26. The number of nitriles is 1. The largest absolute Gasteiger partial charge is 0.367 e. The lowest BCUT2D eigenvalue weighted by atomic mass is 10.2. The van der Waals surface area contributed by atoms with Gasteiger partial charge in [-0.2, -0.15) is 5.26 Å². The fourth-order valence-corrected chi connectivity index (χ4v) is 0.463. The van der Waals surface area contributed by atoms with Crippen molar-refractivity contribution in [2.75, 3.05) is 0 Å². The molecule has 0 radical (unpaired) electrons. The first-order valence-electron chi connectivity index (χ1n) is 2.87. The topological polar surface area (TPSA) is 35.8 Å². The van der Waals surface area contributed by atoms with Crippen LogP contribution in [-0.2, 0) is 0 Å². The van der Waals surface area contributed by atoms with Crippen molar-refractivity contribution < 1.29 is 1.37 Å². The molecular formula is C6H6N2. The van der Waals surface area contributed by atoms with Crippen LogP contribution in [0.15, 0.2) is 24.0 Å². The second-order valence-corrected chi connectivity index (χ2v) is 1.40. The summed E-state index contributed by atoms with van der Waals surface area (Å²) in [5, 5.41) is 11.1. The van der Waals surface area contributed by atoms with Crippen molar-refractivity contribution in [2.45, 2.75) is 6.40 Å². The monoisotopic (exact) mass is 107 g/mol. The van der Waals surface area contributed by atoms with E-state index in [2.05, 4.69) is 5.32 Å². The Balaban J connectivity index is 2.73. The van der Waals surface area contributed by atoms with Crippen LogP contribution in [0, 0.1) is 11.3 Å². The van der Waals surface area contributed by atoms with Crippen LogP contribution in [0.25, 0.3) is 0 Å². The van der Waals surface area contributed by atoms with Gasteiger partial charge in [-0.1, -0.05) is 6.08 Å². The van der Waals surface area contributed by atoms with Crippen molar-refractivity contribution in [1.82, 2.24) is 5.32 Å². The molecule has 1 atom stereocenters. The smallest absolute Gasteiger partial charge is 0.0965 e. The van der Waals surface area contributed by atoms with Gasteiger partial charge in [-0.25, -0.2) is 0 Å². The summed E-state index contributed by atoms with van der Waals surface area (Å²) in [5.41, 5.74) is 0.456. The third-order valence-corrected chi connectivity index (χ3v) is 0.836. The van der Waals surface area contributed by atoms with Gasteiger partial charge in [0.1, 0.15) is 0 Å². The van der Waals surface area contributed by atoms with Crippen LogP contribution in [0.3, 0.4) is 0 Å². The summed E-state index contributed by atoms with van der Waals surface area (Å²) in [6.07, 6.45) is 4.34. The Kier molecular flexibility index (Phi) is 1.01. The zero-order chi connectivity index (χ0) is 6.69. The van der Waals surface area contributed by atoms with Gasteiger partial charge in [-0.15, -0.1) is 0 Å². The van der Waals surface area contributed by atoms with Gasteiger partial charge >= 0.3 is 0 Å². The Morgan fingerprint density at radius 2 is 2.88 bits per heavy atom. The van der Waals surface area contributed by atoms with Gasteiger partial charge < -0.3 is 5.32 Å². The molecule has 1 N–H and O–H groups in total. The molecule has 0 aromatic rings. The van der Waals surface area contributed by atoms with Crippen LogP contribution in [0.1, 0.15) is 7.77 Å². The zero-order valence-corrected chi connectivity index (χ0v) is 4.26. The SMILES string of the molecule is [2H]C1C=CNC=C1C#N. The number of rotatable bonds is 0. The minimum atomic E-state index is -0.476. The number of nitrogens with zero attached hydrogens (tertiary/aromatic N) is 1. The maximum atomic E-state index is 8.35. The highest BCUT2D eigenvalue weighted by atomic mass is 14.8. The van der Waals surface area contributed by atoms with Crippen molar-refractivity contribution in [1.29, 1.82) is 5.26 Å². The first kappa shape index (κ1) is 3.73. The highest BCUT2D eigenvalue weighted by Gasteiger charge is 1.92. The van der Waals surface area contributed by atoms with Gasteiger partial charge in [0.25, 0.3) is 0 Å². The maximum Gasteiger partial charge on any atom is 0.0965 e. The van der Waals surface area contributed by atoms with Gasteiger partial charge in [0.05, 0.1) is 6.07 Å². The second kappa shape index (κ2) is 2.17. The van der Waals surface area contributed by atoms with Crippen LogP contribution >= 0.6 is 0 Å². The molecule has 0 spiro atoms. The van der Waals surface area contributed by atoms with Crippen molar-refractivity contribution in [3.05, 3.63) is 24.0 Å². The Hall–Kier alpha value is -1.23. The third-order valence-electron chi connectivity index (χ3n) is 0.836.